The summed E-state index contributed by atoms with van der Waals surface area (Å²) in [4.78, 5) is 16.7. The molecule has 0 bridgehead atoms. The molecule has 1 fully saturated rings. The Hall–Kier alpha value is -2.70. The zero-order chi connectivity index (χ0) is 25.4. The van der Waals surface area contributed by atoms with Gasteiger partial charge in [-0.05, 0) is 37.1 Å². The molecule has 2 aromatic carbocycles. The third-order valence-electron chi connectivity index (χ3n) is 5.66. The number of thiazole rings is 1. The molecule has 5 nitrogen and oxygen atoms in total. The van der Waals surface area contributed by atoms with Crippen LogP contribution < -0.4 is 0 Å². The first-order valence-electron chi connectivity index (χ1n) is 10.6. The van der Waals surface area contributed by atoms with Crippen molar-refractivity contribution in [1.29, 1.82) is 0 Å². The maximum atomic E-state index is 13.6. The summed E-state index contributed by atoms with van der Waals surface area (Å²) >= 11 is 1.24. The molecule has 35 heavy (non-hydrogen) atoms. The largest absolute Gasteiger partial charge is 0.416 e. The number of hydrogen-bond acceptors (Lipinski definition) is 5. The van der Waals surface area contributed by atoms with Gasteiger partial charge in [-0.2, -0.15) is 17.5 Å². The Morgan fingerprint density at radius 1 is 1.09 bits per heavy atom. The molecule has 12 heteroatoms. The van der Waals surface area contributed by atoms with Gasteiger partial charge in [0.25, 0.3) is 0 Å². The number of Topliss-reactive ketones (excluding diaryl/α,β-unsaturated/α-hetero) is 1. The van der Waals surface area contributed by atoms with Gasteiger partial charge in [0.05, 0.1) is 27.2 Å². The van der Waals surface area contributed by atoms with Crippen LogP contribution in [-0.4, -0.2) is 36.1 Å². The Morgan fingerprint density at radius 2 is 1.74 bits per heavy atom. The van der Waals surface area contributed by atoms with Crippen molar-refractivity contribution in [2.45, 2.75) is 42.8 Å². The van der Waals surface area contributed by atoms with Crippen LogP contribution in [0.1, 0.15) is 29.8 Å². The SMILES string of the molecule is O=C(CCc1nc(-c2ccc(C(F)(F)F)cc2)cs1)[C@@H]1CCCN1S(=O)(=O)c1cc(F)cc(F)c1. The molecule has 3 aromatic rings. The number of alkyl halides is 3. The fraction of sp³-hybridized carbons (Fsp3) is 0.304. The predicted octanol–water partition coefficient (Wildman–Crippen LogP) is 5.46. The van der Waals surface area contributed by atoms with E-state index in [-0.39, 0.29) is 25.2 Å². The zero-order valence-corrected chi connectivity index (χ0v) is 19.7. The molecule has 4 rings (SSSR count). The number of nitrogens with zero attached hydrogens (tertiary/aromatic N) is 2. The monoisotopic (exact) mass is 530 g/mol. The van der Waals surface area contributed by atoms with Crippen LogP contribution in [0.2, 0.25) is 0 Å². The quantitative estimate of drug-likeness (QED) is 0.381. The minimum atomic E-state index is -4.43. The van der Waals surface area contributed by atoms with Crippen molar-refractivity contribution in [3.05, 3.63) is 70.1 Å². The third-order valence-corrected chi connectivity index (χ3v) is 8.46. The maximum Gasteiger partial charge on any atom is 0.416 e. The molecule has 0 unspecified atom stereocenters. The van der Waals surface area contributed by atoms with Crippen LogP contribution in [-0.2, 0) is 27.4 Å². The molecule has 0 saturated carbocycles. The third kappa shape index (κ3) is 5.60. The van der Waals surface area contributed by atoms with Gasteiger partial charge in [0.2, 0.25) is 10.0 Å². The van der Waals surface area contributed by atoms with E-state index in [1.165, 1.54) is 23.5 Å². The molecule has 1 atom stereocenters. The number of sulfonamides is 1. The number of benzene rings is 2. The van der Waals surface area contributed by atoms with Gasteiger partial charge in [-0.1, -0.05) is 12.1 Å². The fourth-order valence-electron chi connectivity index (χ4n) is 3.95. The molecule has 0 spiro atoms. The highest BCUT2D eigenvalue weighted by molar-refractivity contribution is 7.89. The number of carbonyl (C=O) groups is 1. The molecule has 186 valence electrons. The summed E-state index contributed by atoms with van der Waals surface area (Å²) in [6.07, 6.45) is -3.48. The summed E-state index contributed by atoms with van der Waals surface area (Å²) in [5.74, 6) is -2.40. The number of ketones is 1. The summed E-state index contributed by atoms with van der Waals surface area (Å²) in [6, 6.07) is 5.65. The molecule has 0 amide bonds. The zero-order valence-electron chi connectivity index (χ0n) is 18.1. The lowest BCUT2D eigenvalue weighted by molar-refractivity contribution is -0.137. The number of carbonyl (C=O) groups excluding carboxylic acids is 1. The van der Waals surface area contributed by atoms with E-state index in [4.69, 9.17) is 0 Å². The minimum Gasteiger partial charge on any atom is -0.298 e. The van der Waals surface area contributed by atoms with E-state index in [9.17, 15) is 35.2 Å². The summed E-state index contributed by atoms with van der Waals surface area (Å²) < 4.78 is 92.2. The number of halogens is 5. The van der Waals surface area contributed by atoms with Gasteiger partial charge in [0.15, 0.2) is 5.78 Å². The van der Waals surface area contributed by atoms with Gasteiger partial charge >= 0.3 is 6.18 Å². The Balaban J connectivity index is 1.43. The van der Waals surface area contributed by atoms with Crippen LogP contribution in [0, 0.1) is 11.6 Å². The van der Waals surface area contributed by atoms with Crippen LogP contribution in [0.3, 0.4) is 0 Å². The van der Waals surface area contributed by atoms with E-state index in [2.05, 4.69) is 4.98 Å². The number of hydrogen-bond donors (Lipinski definition) is 0. The maximum absolute atomic E-state index is 13.6. The van der Waals surface area contributed by atoms with Crippen LogP contribution in [0.25, 0.3) is 11.3 Å². The molecule has 1 aromatic heterocycles. The summed E-state index contributed by atoms with van der Waals surface area (Å²) in [5.41, 5.74) is 0.214. The Kier molecular flexibility index (Phi) is 7.07. The van der Waals surface area contributed by atoms with Crippen molar-refractivity contribution in [3.63, 3.8) is 0 Å². The number of rotatable bonds is 7. The molecule has 0 N–H and O–H groups in total. The Labute approximate surface area is 202 Å². The van der Waals surface area contributed by atoms with Crippen molar-refractivity contribution in [2.24, 2.45) is 0 Å². The Morgan fingerprint density at radius 3 is 2.37 bits per heavy atom. The summed E-state index contributed by atoms with van der Waals surface area (Å²) in [6.45, 7) is 0.0617. The molecule has 1 aliphatic heterocycles. The highest BCUT2D eigenvalue weighted by Crippen LogP contribution is 2.32. The van der Waals surface area contributed by atoms with Gasteiger partial charge in [-0.25, -0.2) is 22.2 Å². The second-order valence-electron chi connectivity index (χ2n) is 8.05. The molecule has 1 aliphatic rings. The second-order valence-corrected chi connectivity index (χ2v) is 10.9. The average molecular weight is 531 g/mol. The van der Waals surface area contributed by atoms with E-state index >= 15 is 0 Å². The van der Waals surface area contributed by atoms with E-state index in [1.807, 2.05) is 0 Å². The highest BCUT2D eigenvalue weighted by Gasteiger charge is 2.39. The average Bonchev–Trinajstić information content (AvgIpc) is 3.47. The smallest absolute Gasteiger partial charge is 0.298 e. The standard InChI is InChI=1S/C23H19F5N2O3S2/c24-16-10-17(25)12-18(11-16)35(32,33)30-9-1-2-20(30)21(31)7-8-22-29-19(13-34-22)14-3-5-15(6-4-14)23(26,27)28/h3-6,10-13,20H,1-2,7-9H2/t20-/m0/s1. The normalized spacial score (nSPS) is 17.1. The lowest BCUT2D eigenvalue weighted by Gasteiger charge is -2.23. The molecule has 0 radical (unpaired) electrons. The van der Waals surface area contributed by atoms with Gasteiger partial charge in [-0.15, -0.1) is 11.3 Å². The van der Waals surface area contributed by atoms with Crippen molar-refractivity contribution >= 4 is 27.1 Å². The highest BCUT2D eigenvalue weighted by atomic mass is 32.2. The predicted molar refractivity (Wildman–Crippen MR) is 119 cm³/mol. The minimum absolute atomic E-state index is 0.00579. The summed E-state index contributed by atoms with van der Waals surface area (Å²) in [7, 11) is -4.27. The van der Waals surface area contributed by atoms with Gasteiger partial charge in [0, 0.05) is 36.4 Å². The van der Waals surface area contributed by atoms with Gasteiger partial charge in [0.1, 0.15) is 11.6 Å². The van der Waals surface area contributed by atoms with Crippen LogP contribution in [0.4, 0.5) is 22.0 Å². The van der Waals surface area contributed by atoms with Crippen molar-refractivity contribution in [3.8, 4) is 11.3 Å². The molecular formula is C23H19F5N2O3S2. The topological polar surface area (TPSA) is 67.3 Å². The van der Waals surface area contributed by atoms with Crippen LogP contribution in [0.5, 0.6) is 0 Å². The van der Waals surface area contributed by atoms with Crippen molar-refractivity contribution in [1.82, 2.24) is 9.29 Å². The van der Waals surface area contributed by atoms with Gasteiger partial charge < -0.3 is 0 Å². The lowest BCUT2D eigenvalue weighted by Crippen LogP contribution is -2.40. The first-order valence-corrected chi connectivity index (χ1v) is 12.9. The molecule has 1 saturated heterocycles. The molecule has 2 heterocycles. The lowest BCUT2D eigenvalue weighted by atomic mass is 10.1. The van der Waals surface area contributed by atoms with Crippen LogP contribution >= 0.6 is 11.3 Å². The first kappa shape index (κ1) is 25.4. The molecule has 0 aliphatic carbocycles. The van der Waals surface area contributed by atoms with Crippen molar-refractivity contribution in [2.75, 3.05) is 6.54 Å². The summed E-state index contributed by atoms with van der Waals surface area (Å²) in [5, 5.41) is 2.25. The Bertz CT molecular complexity index is 1320. The number of aromatic nitrogens is 1. The van der Waals surface area contributed by atoms with Crippen molar-refractivity contribution < 1.29 is 35.2 Å². The van der Waals surface area contributed by atoms with E-state index in [1.54, 1.807) is 5.38 Å². The fourth-order valence-corrected chi connectivity index (χ4v) is 6.48. The van der Waals surface area contributed by atoms with E-state index < -0.39 is 44.3 Å². The first-order chi connectivity index (χ1) is 16.4. The van der Waals surface area contributed by atoms with E-state index in [0.717, 1.165) is 28.6 Å². The second kappa shape index (κ2) is 9.75. The number of aryl methyl sites for hydroxylation is 1. The van der Waals surface area contributed by atoms with Gasteiger partial charge in [-0.3, -0.25) is 4.79 Å². The van der Waals surface area contributed by atoms with E-state index in [0.29, 0.717) is 35.2 Å². The molecular weight excluding hydrogens is 511 g/mol. The van der Waals surface area contributed by atoms with Crippen LogP contribution in [0.15, 0.2) is 52.7 Å².